The third-order valence-electron chi connectivity index (χ3n) is 4.90. The monoisotopic (exact) mass is 367 g/mol. The summed E-state index contributed by atoms with van der Waals surface area (Å²) < 4.78 is 10.7. The zero-order chi connectivity index (χ0) is 18.6. The van der Waals surface area contributed by atoms with E-state index in [9.17, 15) is 9.59 Å². The molecule has 2 aromatic rings. The highest BCUT2D eigenvalue weighted by atomic mass is 16.5. The van der Waals surface area contributed by atoms with Crippen LogP contribution < -0.4 is 5.32 Å². The van der Waals surface area contributed by atoms with Gasteiger partial charge in [-0.1, -0.05) is 35.5 Å². The normalized spacial score (nSPS) is 19.7. The van der Waals surface area contributed by atoms with Gasteiger partial charge in [0.15, 0.2) is 11.6 Å². The Morgan fingerprint density at radius 2 is 2.07 bits per heavy atom. The van der Waals surface area contributed by atoms with Crippen molar-refractivity contribution in [1.82, 2.24) is 15.5 Å². The first kappa shape index (κ1) is 17.6. The van der Waals surface area contributed by atoms with E-state index in [2.05, 4.69) is 15.5 Å². The summed E-state index contributed by atoms with van der Waals surface area (Å²) in [4.78, 5) is 28.9. The highest BCUT2D eigenvalue weighted by Gasteiger charge is 2.26. The molecule has 7 heteroatoms. The summed E-state index contributed by atoms with van der Waals surface area (Å²) in [6, 6.07) is 9.74. The molecule has 1 fully saturated rings. The Hall–Kier alpha value is -2.80. The van der Waals surface area contributed by atoms with Crippen LogP contribution in [0.25, 0.3) is 5.57 Å². The number of allylic oxidation sites excluding steroid dienone is 1. The molecular weight excluding hydrogens is 346 g/mol. The molecule has 27 heavy (non-hydrogen) atoms. The lowest BCUT2D eigenvalue weighted by atomic mass is 10.00. The first-order valence-corrected chi connectivity index (χ1v) is 9.22. The molecule has 1 unspecified atom stereocenters. The zero-order valence-electron chi connectivity index (χ0n) is 14.9. The van der Waals surface area contributed by atoms with Gasteiger partial charge in [-0.25, -0.2) is 0 Å². The lowest BCUT2D eigenvalue weighted by Gasteiger charge is -2.07. The van der Waals surface area contributed by atoms with Gasteiger partial charge in [-0.15, -0.1) is 0 Å². The molecule has 1 aliphatic carbocycles. The van der Waals surface area contributed by atoms with Crippen LogP contribution in [0.5, 0.6) is 0 Å². The average Bonchev–Trinajstić information content (AvgIpc) is 3.43. The highest BCUT2D eigenvalue weighted by Crippen LogP contribution is 2.33. The van der Waals surface area contributed by atoms with Crippen LogP contribution in [0.15, 0.2) is 40.4 Å². The molecule has 1 N–H and O–H groups in total. The molecule has 140 valence electrons. The van der Waals surface area contributed by atoms with E-state index in [0.29, 0.717) is 36.7 Å². The lowest BCUT2D eigenvalue weighted by Crippen LogP contribution is -2.24. The van der Waals surface area contributed by atoms with Crippen LogP contribution in [0, 0.1) is 0 Å². The van der Waals surface area contributed by atoms with Gasteiger partial charge < -0.3 is 14.6 Å². The number of ether oxygens (including phenoxy) is 1. The smallest absolute Gasteiger partial charge is 0.255 e. The van der Waals surface area contributed by atoms with Crippen molar-refractivity contribution in [3.8, 4) is 0 Å². The summed E-state index contributed by atoms with van der Waals surface area (Å²) >= 11 is 0. The van der Waals surface area contributed by atoms with Crippen molar-refractivity contribution in [2.24, 2.45) is 0 Å². The first-order valence-electron chi connectivity index (χ1n) is 9.22. The van der Waals surface area contributed by atoms with E-state index in [4.69, 9.17) is 9.26 Å². The molecule has 0 radical (unpaired) electrons. The molecule has 0 spiro atoms. The maximum atomic E-state index is 12.3. The number of nitrogens with one attached hydrogen (secondary N) is 1. The van der Waals surface area contributed by atoms with Crippen LogP contribution in [0.4, 0.5) is 0 Å². The van der Waals surface area contributed by atoms with Crippen molar-refractivity contribution >= 4 is 17.3 Å². The SMILES string of the molecule is O=C(CC1=C(c2ccccc2)CCC1=O)NCc1noc(C2CCCO2)n1. The van der Waals surface area contributed by atoms with E-state index >= 15 is 0 Å². The van der Waals surface area contributed by atoms with Gasteiger partial charge in [-0.3, -0.25) is 9.59 Å². The van der Waals surface area contributed by atoms with Crippen molar-refractivity contribution in [2.75, 3.05) is 6.61 Å². The number of nitrogens with zero attached hydrogens (tertiary/aromatic N) is 2. The van der Waals surface area contributed by atoms with Crippen molar-refractivity contribution in [3.63, 3.8) is 0 Å². The van der Waals surface area contributed by atoms with Gasteiger partial charge in [0.05, 0.1) is 13.0 Å². The maximum Gasteiger partial charge on any atom is 0.255 e. The fraction of sp³-hybridized carbons (Fsp3) is 0.400. The van der Waals surface area contributed by atoms with Crippen LogP contribution >= 0.6 is 0 Å². The van der Waals surface area contributed by atoms with Crippen molar-refractivity contribution < 1.29 is 18.8 Å². The minimum Gasteiger partial charge on any atom is -0.368 e. The van der Waals surface area contributed by atoms with Gasteiger partial charge in [-0.05, 0) is 30.4 Å². The molecule has 1 aromatic carbocycles. The first-order chi connectivity index (χ1) is 13.2. The Balaban J connectivity index is 1.38. The summed E-state index contributed by atoms with van der Waals surface area (Å²) in [5.74, 6) is 0.682. The molecule has 1 atom stereocenters. The van der Waals surface area contributed by atoms with E-state index in [1.807, 2.05) is 30.3 Å². The minimum atomic E-state index is -0.225. The molecule has 7 nitrogen and oxygen atoms in total. The summed E-state index contributed by atoms with van der Waals surface area (Å²) in [7, 11) is 0. The zero-order valence-corrected chi connectivity index (χ0v) is 14.9. The number of aromatic nitrogens is 2. The Kier molecular flexibility index (Phi) is 5.11. The second-order valence-corrected chi connectivity index (χ2v) is 6.75. The second-order valence-electron chi connectivity index (χ2n) is 6.75. The largest absolute Gasteiger partial charge is 0.368 e. The molecule has 1 aliphatic heterocycles. The third-order valence-corrected chi connectivity index (χ3v) is 4.90. The van der Waals surface area contributed by atoms with Gasteiger partial charge in [0.25, 0.3) is 5.89 Å². The standard InChI is InChI=1S/C20H21N3O4/c24-16-9-8-14(13-5-2-1-3-6-13)15(16)11-19(25)21-12-18-22-20(27-23-18)17-7-4-10-26-17/h1-3,5-6,17H,4,7-12H2,(H,21,25). The molecule has 1 aromatic heterocycles. The Morgan fingerprint density at radius 1 is 1.22 bits per heavy atom. The van der Waals surface area contributed by atoms with Gasteiger partial charge in [0.2, 0.25) is 5.91 Å². The summed E-state index contributed by atoms with van der Waals surface area (Å²) in [6.07, 6.45) is 2.92. The van der Waals surface area contributed by atoms with Crippen LogP contribution in [-0.2, 0) is 20.9 Å². The maximum absolute atomic E-state index is 12.3. The number of Topliss-reactive ketones (excluding diaryl/α,β-unsaturated/α-hetero) is 1. The summed E-state index contributed by atoms with van der Waals surface area (Å²) in [5.41, 5.74) is 2.58. The lowest BCUT2D eigenvalue weighted by molar-refractivity contribution is -0.122. The number of carbonyl (C=O) groups is 2. The van der Waals surface area contributed by atoms with Crippen molar-refractivity contribution in [3.05, 3.63) is 53.2 Å². The van der Waals surface area contributed by atoms with Crippen LogP contribution in [0.3, 0.4) is 0 Å². The Morgan fingerprint density at radius 3 is 2.85 bits per heavy atom. The van der Waals surface area contributed by atoms with Gasteiger partial charge in [0.1, 0.15) is 6.10 Å². The number of amides is 1. The highest BCUT2D eigenvalue weighted by molar-refractivity contribution is 6.10. The molecule has 1 saturated heterocycles. The van der Waals surface area contributed by atoms with Gasteiger partial charge in [0, 0.05) is 18.6 Å². The van der Waals surface area contributed by atoms with Crippen molar-refractivity contribution in [1.29, 1.82) is 0 Å². The number of hydrogen-bond acceptors (Lipinski definition) is 6. The van der Waals surface area contributed by atoms with E-state index in [1.54, 1.807) is 0 Å². The number of carbonyl (C=O) groups excluding carboxylic acids is 2. The number of ketones is 1. The van der Waals surface area contributed by atoms with Crippen LogP contribution in [-0.4, -0.2) is 28.4 Å². The average molecular weight is 367 g/mol. The minimum absolute atomic E-state index is 0.0456. The summed E-state index contributed by atoms with van der Waals surface area (Å²) in [6.45, 7) is 0.864. The van der Waals surface area contributed by atoms with E-state index < -0.39 is 0 Å². The number of benzene rings is 1. The molecule has 2 heterocycles. The molecule has 1 amide bonds. The van der Waals surface area contributed by atoms with Crippen LogP contribution in [0.2, 0.25) is 0 Å². The quantitative estimate of drug-likeness (QED) is 0.844. The molecule has 4 rings (SSSR count). The second kappa shape index (κ2) is 7.84. The molecule has 0 saturated carbocycles. The van der Waals surface area contributed by atoms with Gasteiger partial charge >= 0.3 is 0 Å². The topological polar surface area (TPSA) is 94.3 Å². The van der Waals surface area contributed by atoms with Crippen molar-refractivity contribution in [2.45, 2.75) is 44.8 Å². The van der Waals surface area contributed by atoms with Crippen LogP contribution in [0.1, 0.15) is 55.5 Å². The Labute approximate surface area is 156 Å². The molecular formula is C20H21N3O4. The summed E-state index contributed by atoms with van der Waals surface area (Å²) in [5, 5.41) is 6.65. The molecule has 2 aliphatic rings. The predicted molar refractivity (Wildman–Crippen MR) is 96.3 cm³/mol. The van der Waals surface area contributed by atoms with Gasteiger partial charge in [-0.2, -0.15) is 4.98 Å². The molecule has 0 bridgehead atoms. The van der Waals surface area contributed by atoms with E-state index in [0.717, 1.165) is 24.0 Å². The Bertz CT molecular complexity index is 866. The third kappa shape index (κ3) is 3.98. The van der Waals surface area contributed by atoms with E-state index in [-0.39, 0.29) is 30.8 Å². The predicted octanol–water partition coefficient (Wildman–Crippen LogP) is 2.74. The fourth-order valence-electron chi connectivity index (χ4n) is 3.51. The number of hydrogen-bond donors (Lipinski definition) is 1. The van der Waals surface area contributed by atoms with E-state index in [1.165, 1.54) is 0 Å². The fourth-order valence-corrected chi connectivity index (χ4v) is 3.51. The number of rotatable bonds is 6.